The molecule has 0 bridgehead atoms. The van der Waals surface area contributed by atoms with Crippen LogP contribution in [0.3, 0.4) is 0 Å². The fourth-order valence-corrected chi connectivity index (χ4v) is 1.27. The maximum Gasteiger partial charge on any atom is 0.228 e. The quantitative estimate of drug-likeness (QED) is 0.822. The van der Waals surface area contributed by atoms with Crippen molar-refractivity contribution in [2.24, 2.45) is 5.73 Å². The van der Waals surface area contributed by atoms with E-state index in [-0.39, 0.29) is 24.1 Å². The first-order valence-electron chi connectivity index (χ1n) is 4.79. The highest BCUT2D eigenvalue weighted by atomic mass is 19.1. The molecular formula is C11H15FN2O. The number of carbonyl (C=O) groups is 1. The molecule has 1 aromatic carbocycles. The van der Waals surface area contributed by atoms with Crippen molar-refractivity contribution in [2.75, 3.05) is 11.9 Å². The van der Waals surface area contributed by atoms with Gasteiger partial charge in [0.2, 0.25) is 5.91 Å². The predicted molar refractivity (Wildman–Crippen MR) is 58.1 cm³/mol. The second-order valence-corrected chi connectivity index (χ2v) is 3.59. The number of para-hydroxylation sites is 1. The number of hydrogen-bond acceptors (Lipinski definition) is 2. The topological polar surface area (TPSA) is 46.3 Å². The SMILES string of the molecule is CC(N)CC(=O)N(C)c1ccccc1F. The van der Waals surface area contributed by atoms with E-state index in [1.807, 2.05) is 0 Å². The number of halogens is 1. The molecule has 1 amide bonds. The lowest BCUT2D eigenvalue weighted by Crippen LogP contribution is -2.32. The van der Waals surface area contributed by atoms with Crippen molar-refractivity contribution in [2.45, 2.75) is 19.4 Å². The van der Waals surface area contributed by atoms with E-state index in [9.17, 15) is 9.18 Å². The fourth-order valence-electron chi connectivity index (χ4n) is 1.27. The summed E-state index contributed by atoms with van der Waals surface area (Å²) in [4.78, 5) is 12.9. The summed E-state index contributed by atoms with van der Waals surface area (Å²) < 4.78 is 13.3. The molecule has 82 valence electrons. The largest absolute Gasteiger partial charge is 0.327 e. The molecule has 0 fully saturated rings. The first-order chi connectivity index (χ1) is 7.02. The normalized spacial score (nSPS) is 12.3. The third-order valence-electron chi connectivity index (χ3n) is 2.08. The lowest BCUT2D eigenvalue weighted by molar-refractivity contribution is -0.118. The Morgan fingerprint density at radius 3 is 2.67 bits per heavy atom. The minimum atomic E-state index is -0.405. The Hall–Kier alpha value is -1.42. The minimum absolute atomic E-state index is 0.185. The van der Waals surface area contributed by atoms with E-state index < -0.39 is 5.82 Å². The molecule has 4 heteroatoms. The van der Waals surface area contributed by atoms with Gasteiger partial charge in [-0.15, -0.1) is 0 Å². The molecule has 0 aromatic heterocycles. The number of rotatable bonds is 3. The van der Waals surface area contributed by atoms with Gasteiger partial charge in [0.05, 0.1) is 5.69 Å². The Bertz CT molecular complexity index is 352. The van der Waals surface area contributed by atoms with Gasteiger partial charge in [0.25, 0.3) is 0 Å². The molecule has 15 heavy (non-hydrogen) atoms. The molecule has 1 atom stereocenters. The van der Waals surface area contributed by atoms with Crippen LogP contribution in [-0.2, 0) is 4.79 Å². The third-order valence-corrected chi connectivity index (χ3v) is 2.08. The number of carbonyl (C=O) groups excluding carboxylic acids is 1. The van der Waals surface area contributed by atoms with Crippen molar-refractivity contribution in [3.05, 3.63) is 30.1 Å². The van der Waals surface area contributed by atoms with Crippen LogP contribution in [0.1, 0.15) is 13.3 Å². The average molecular weight is 210 g/mol. The molecule has 3 nitrogen and oxygen atoms in total. The van der Waals surface area contributed by atoms with Gasteiger partial charge in [-0.3, -0.25) is 4.79 Å². The number of benzene rings is 1. The van der Waals surface area contributed by atoms with Crippen LogP contribution in [0.4, 0.5) is 10.1 Å². The zero-order valence-electron chi connectivity index (χ0n) is 8.90. The van der Waals surface area contributed by atoms with Crippen molar-refractivity contribution in [3.63, 3.8) is 0 Å². The van der Waals surface area contributed by atoms with Gasteiger partial charge in [0, 0.05) is 19.5 Å². The molecule has 0 aliphatic rings. The summed E-state index contributed by atoms with van der Waals surface area (Å²) in [5.74, 6) is -0.590. The number of nitrogens with two attached hydrogens (primary N) is 1. The van der Waals surface area contributed by atoms with Gasteiger partial charge in [-0.05, 0) is 19.1 Å². The summed E-state index contributed by atoms with van der Waals surface area (Å²) in [5.41, 5.74) is 5.79. The predicted octanol–water partition coefficient (Wildman–Crippen LogP) is 1.53. The van der Waals surface area contributed by atoms with Crippen molar-refractivity contribution < 1.29 is 9.18 Å². The van der Waals surface area contributed by atoms with Crippen LogP contribution in [-0.4, -0.2) is 19.0 Å². The molecule has 0 spiro atoms. The van der Waals surface area contributed by atoms with E-state index in [0.717, 1.165) is 0 Å². The third kappa shape index (κ3) is 3.02. The van der Waals surface area contributed by atoms with Gasteiger partial charge < -0.3 is 10.6 Å². The monoisotopic (exact) mass is 210 g/mol. The molecule has 0 aliphatic heterocycles. The van der Waals surface area contributed by atoms with Crippen LogP contribution in [0.15, 0.2) is 24.3 Å². The van der Waals surface area contributed by atoms with Crippen LogP contribution >= 0.6 is 0 Å². The first kappa shape index (κ1) is 11.7. The van der Waals surface area contributed by atoms with E-state index in [0.29, 0.717) is 0 Å². The minimum Gasteiger partial charge on any atom is -0.327 e. The van der Waals surface area contributed by atoms with Crippen LogP contribution < -0.4 is 10.6 Å². The molecular weight excluding hydrogens is 195 g/mol. The molecule has 0 radical (unpaired) electrons. The fraction of sp³-hybridized carbons (Fsp3) is 0.364. The highest BCUT2D eigenvalue weighted by Crippen LogP contribution is 2.17. The second-order valence-electron chi connectivity index (χ2n) is 3.59. The summed E-state index contributed by atoms with van der Waals surface area (Å²) in [7, 11) is 1.54. The lowest BCUT2D eigenvalue weighted by atomic mass is 10.2. The van der Waals surface area contributed by atoms with Crippen molar-refractivity contribution in [1.29, 1.82) is 0 Å². The highest BCUT2D eigenvalue weighted by molar-refractivity contribution is 5.93. The summed E-state index contributed by atoms with van der Waals surface area (Å²) in [6, 6.07) is 5.95. The van der Waals surface area contributed by atoms with Crippen molar-refractivity contribution >= 4 is 11.6 Å². The number of nitrogens with zero attached hydrogens (tertiary/aromatic N) is 1. The molecule has 2 N–H and O–H groups in total. The smallest absolute Gasteiger partial charge is 0.228 e. The van der Waals surface area contributed by atoms with E-state index in [1.165, 1.54) is 11.0 Å². The van der Waals surface area contributed by atoms with E-state index in [2.05, 4.69) is 0 Å². The zero-order chi connectivity index (χ0) is 11.4. The molecule has 0 saturated heterocycles. The van der Waals surface area contributed by atoms with Gasteiger partial charge in [0.1, 0.15) is 5.82 Å². The number of hydrogen-bond donors (Lipinski definition) is 1. The maximum absolute atomic E-state index is 13.3. The number of amides is 1. The Kier molecular flexibility index (Phi) is 3.80. The Morgan fingerprint density at radius 2 is 2.13 bits per heavy atom. The van der Waals surface area contributed by atoms with Crippen LogP contribution in [0, 0.1) is 5.82 Å². The average Bonchev–Trinajstić information content (AvgIpc) is 2.16. The van der Waals surface area contributed by atoms with Crippen molar-refractivity contribution in [1.82, 2.24) is 0 Å². The molecule has 1 aromatic rings. The van der Waals surface area contributed by atoms with Gasteiger partial charge in [-0.1, -0.05) is 12.1 Å². The maximum atomic E-state index is 13.3. The Morgan fingerprint density at radius 1 is 1.53 bits per heavy atom. The second kappa shape index (κ2) is 4.89. The standard InChI is InChI=1S/C11H15FN2O/c1-8(13)7-11(15)14(2)10-6-4-3-5-9(10)12/h3-6,8H,7,13H2,1-2H3. The molecule has 1 unspecified atom stereocenters. The molecule has 0 heterocycles. The summed E-state index contributed by atoms with van der Waals surface area (Å²) >= 11 is 0. The van der Waals surface area contributed by atoms with Gasteiger partial charge >= 0.3 is 0 Å². The Labute approximate surface area is 88.7 Å². The first-order valence-corrected chi connectivity index (χ1v) is 4.79. The molecule has 0 saturated carbocycles. The van der Waals surface area contributed by atoms with E-state index >= 15 is 0 Å². The molecule has 1 rings (SSSR count). The van der Waals surface area contributed by atoms with Crippen molar-refractivity contribution in [3.8, 4) is 0 Å². The summed E-state index contributed by atoms with van der Waals surface area (Å²) in [5, 5.41) is 0. The van der Waals surface area contributed by atoms with Crippen LogP contribution in [0.5, 0.6) is 0 Å². The Balaban J connectivity index is 2.81. The van der Waals surface area contributed by atoms with Crippen LogP contribution in [0.2, 0.25) is 0 Å². The van der Waals surface area contributed by atoms with Gasteiger partial charge in [-0.25, -0.2) is 4.39 Å². The highest BCUT2D eigenvalue weighted by Gasteiger charge is 2.15. The van der Waals surface area contributed by atoms with E-state index in [4.69, 9.17) is 5.73 Å². The lowest BCUT2D eigenvalue weighted by Gasteiger charge is -2.18. The summed E-state index contributed by atoms with van der Waals surface area (Å²) in [6.07, 6.45) is 0.213. The van der Waals surface area contributed by atoms with Gasteiger partial charge in [-0.2, -0.15) is 0 Å². The van der Waals surface area contributed by atoms with E-state index in [1.54, 1.807) is 32.2 Å². The zero-order valence-corrected chi connectivity index (χ0v) is 8.90. The van der Waals surface area contributed by atoms with Gasteiger partial charge in [0.15, 0.2) is 0 Å². The summed E-state index contributed by atoms with van der Waals surface area (Å²) in [6.45, 7) is 1.74. The number of anilines is 1. The molecule has 0 aliphatic carbocycles. The van der Waals surface area contributed by atoms with Crippen LogP contribution in [0.25, 0.3) is 0 Å².